The molecule has 0 fully saturated rings. The van der Waals surface area contributed by atoms with Gasteiger partial charge in [-0.25, -0.2) is 0 Å². The minimum absolute atomic E-state index is 0.0513. The molecule has 1 heterocycles. The molecule has 0 saturated heterocycles. The number of fused-ring (bicyclic) bond motifs is 1. The zero-order valence-corrected chi connectivity index (χ0v) is 7.84. The molecule has 4 nitrogen and oxygen atoms in total. The second-order valence-corrected chi connectivity index (χ2v) is 3.25. The maximum atomic E-state index is 10.5. The number of hydrogen-bond acceptors (Lipinski definition) is 3. The average Bonchev–Trinajstić information content (AvgIpc) is 2.18. The van der Waals surface area contributed by atoms with Crippen molar-refractivity contribution in [1.29, 1.82) is 0 Å². The third-order valence-electron chi connectivity index (χ3n) is 2.14. The summed E-state index contributed by atoms with van der Waals surface area (Å²) in [6, 6.07) is 6.52. The molecule has 1 aromatic heterocycles. The maximum Gasteiger partial charge on any atom is 0.307 e. The van der Waals surface area contributed by atoms with E-state index >= 15 is 0 Å². The van der Waals surface area contributed by atoms with Gasteiger partial charge in [-0.1, -0.05) is 6.07 Å². The SMILES string of the molecule is O=C(O)Cc1ccc2nccc(O)c2c1. The number of carboxylic acids is 1. The van der Waals surface area contributed by atoms with Crippen molar-refractivity contribution >= 4 is 16.9 Å². The Morgan fingerprint density at radius 1 is 1.33 bits per heavy atom. The molecular formula is C11H9NO3. The van der Waals surface area contributed by atoms with E-state index < -0.39 is 5.97 Å². The van der Waals surface area contributed by atoms with Gasteiger partial charge in [0.15, 0.2) is 0 Å². The number of benzene rings is 1. The normalized spacial score (nSPS) is 10.4. The maximum absolute atomic E-state index is 10.5. The highest BCUT2D eigenvalue weighted by Gasteiger charge is 2.04. The van der Waals surface area contributed by atoms with Crippen LogP contribution in [-0.4, -0.2) is 21.2 Å². The fourth-order valence-corrected chi connectivity index (χ4v) is 1.46. The third kappa shape index (κ3) is 1.88. The number of aromatic hydroxyl groups is 1. The highest BCUT2D eigenvalue weighted by atomic mass is 16.4. The summed E-state index contributed by atoms with van der Waals surface area (Å²) in [4.78, 5) is 14.6. The van der Waals surface area contributed by atoms with Gasteiger partial charge in [-0.15, -0.1) is 0 Å². The first-order valence-electron chi connectivity index (χ1n) is 4.45. The summed E-state index contributed by atoms with van der Waals surface area (Å²) >= 11 is 0. The largest absolute Gasteiger partial charge is 0.507 e. The van der Waals surface area contributed by atoms with Gasteiger partial charge in [0.25, 0.3) is 0 Å². The van der Waals surface area contributed by atoms with E-state index in [0.29, 0.717) is 16.5 Å². The second-order valence-electron chi connectivity index (χ2n) is 3.25. The number of rotatable bonds is 2. The lowest BCUT2D eigenvalue weighted by molar-refractivity contribution is -0.136. The van der Waals surface area contributed by atoms with Crippen LogP contribution in [0.1, 0.15) is 5.56 Å². The van der Waals surface area contributed by atoms with Crippen molar-refractivity contribution in [3.05, 3.63) is 36.0 Å². The van der Waals surface area contributed by atoms with Crippen LogP contribution in [0, 0.1) is 0 Å². The van der Waals surface area contributed by atoms with Gasteiger partial charge in [-0.2, -0.15) is 0 Å². The van der Waals surface area contributed by atoms with E-state index in [1.807, 2.05) is 0 Å². The number of nitrogens with zero attached hydrogens (tertiary/aromatic N) is 1. The van der Waals surface area contributed by atoms with E-state index in [2.05, 4.69) is 4.98 Å². The quantitative estimate of drug-likeness (QED) is 0.777. The third-order valence-corrected chi connectivity index (χ3v) is 2.14. The molecule has 2 aromatic rings. The lowest BCUT2D eigenvalue weighted by Crippen LogP contribution is -1.99. The molecule has 15 heavy (non-hydrogen) atoms. The number of hydrogen-bond donors (Lipinski definition) is 2. The Morgan fingerprint density at radius 3 is 2.87 bits per heavy atom. The number of pyridine rings is 1. The Bertz CT molecular complexity index is 522. The molecule has 0 aliphatic heterocycles. The number of aliphatic carboxylic acids is 1. The minimum Gasteiger partial charge on any atom is -0.507 e. The van der Waals surface area contributed by atoms with Crippen LogP contribution < -0.4 is 0 Å². The molecule has 0 aliphatic carbocycles. The number of carbonyl (C=O) groups is 1. The van der Waals surface area contributed by atoms with Crippen molar-refractivity contribution in [3.8, 4) is 5.75 Å². The predicted molar refractivity (Wildman–Crippen MR) is 54.7 cm³/mol. The van der Waals surface area contributed by atoms with Crippen molar-refractivity contribution in [1.82, 2.24) is 4.98 Å². The van der Waals surface area contributed by atoms with Crippen molar-refractivity contribution < 1.29 is 15.0 Å². The zero-order valence-electron chi connectivity index (χ0n) is 7.84. The topological polar surface area (TPSA) is 70.4 Å². The Labute approximate surface area is 85.8 Å². The first-order chi connectivity index (χ1) is 7.16. The van der Waals surface area contributed by atoms with Gasteiger partial charge in [-0.05, 0) is 23.8 Å². The summed E-state index contributed by atoms with van der Waals surface area (Å²) in [6.45, 7) is 0. The van der Waals surface area contributed by atoms with E-state index in [0.717, 1.165) is 0 Å². The molecule has 76 valence electrons. The van der Waals surface area contributed by atoms with Crippen LogP contribution in [0.2, 0.25) is 0 Å². The van der Waals surface area contributed by atoms with Crippen LogP contribution in [0.4, 0.5) is 0 Å². The van der Waals surface area contributed by atoms with Gasteiger partial charge >= 0.3 is 5.97 Å². The van der Waals surface area contributed by atoms with Crippen LogP contribution in [0.5, 0.6) is 5.75 Å². The Morgan fingerprint density at radius 2 is 2.13 bits per heavy atom. The van der Waals surface area contributed by atoms with Crippen molar-refractivity contribution in [3.63, 3.8) is 0 Å². The van der Waals surface area contributed by atoms with E-state index in [9.17, 15) is 9.90 Å². The molecule has 2 N–H and O–H groups in total. The minimum atomic E-state index is -0.891. The molecule has 0 bridgehead atoms. The Balaban J connectivity index is 2.54. The van der Waals surface area contributed by atoms with Crippen molar-refractivity contribution in [2.24, 2.45) is 0 Å². The molecule has 0 radical (unpaired) electrons. The first-order valence-corrected chi connectivity index (χ1v) is 4.45. The molecule has 0 saturated carbocycles. The van der Waals surface area contributed by atoms with Crippen molar-refractivity contribution in [2.45, 2.75) is 6.42 Å². The van der Waals surface area contributed by atoms with Gasteiger partial charge in [0.2, 0.25) is 0 Å². The smallest absolute Gasteiger partial charge is 0.307 e. The summed E-state index contributed by atoms with van der Waals surface area (Å²) in [5.41, 5.74) is 1.31. The van der Waals surface area contributed by atoms with Crippen LogP contribution in [0.15, 0.2) is 30.5 Å². The van der Waals surface area contributed by atoms with E-state index in [4.69, 9.17) is 5.11 Å². The monoisotopic (exact) mass is 203 g/mol. The fraction of sp³-hybridized carbons (Fsp3) is 0.0909. The average molecular weight is 203 g/mol. The van der Waals surface area contributed by atoms with Crippen LogP contribution in [0.25, 0.3) is 10.9 Å². The lowest BCUT2D eigenvalue weighted by atomic mass is 10.1. The summed E-state index contributed by atoms with van der Waals surface area (Å²) in [6.07, 6.45) is 1.46. The summed E-state index contributed by atoms with van der Waals surface area (Å²) in [5.74, 6) is -0.773. The summed E-state index contributed by atoms with van der Waals surface area (Å²) < 4.78 is 0. The van der Waals surface area contributed by atoms with Crippen LogP contribution in [-0.2, 0) is 11.2 Å². The summed E-state index contributed by atoms with van der Waals surface area (Å²) in [5, 5.41) is 18.8. The van der Waals surface area contributed by atoms with Crippen molar-refractivity contribution in [2.75, 3.05) is 0 Å². The van der Waals surface area contributed by atoms with Gasteiger partial charge in [0, 0.05) is 11.6 Å². The van der Waals surface area contributed by atoms with Gasteiger partial charge in [0.1, 0.15) is 5.75 Å². The van der Waals surface area contributed by atoms with Gasteiger partial charge < -0.3 is 10.2 Å². The van der Waals surface area contributed by atoms with E-state index in [1.165, 1.54) is 12.3 Å². The second kappa shape index (κ2) is 3.57. The molecule has 1 aromatic carbocycles. The van der Waals surface area contributed by atoms with Gasteiger partial charge in [0.05, 0.1) is 11.9 Å². The molecular weight excluding hydrogens is 194 g/mol. The fourth-order valence-electron chi connectivity index (χ4n) is 1.46. The molecule has 0 unspecified atom stereocenters. The van der Waals surface area contributed by atoms with Crippen LogP contribution >= 0.6 is 0 Å². The predicted octanol–water partition coefficient (Wildman–Crippen LogP) is 1.57. The van der Waals surface area contributed by atoms with E-state index in [-0.39, 0.29) is 12.2 Å². The number of carboxylic acid groups (broad SMARTS) is 1. The highest BCUT2D eigenvalue weighted by molar-refractivity contribution is 5.86. The molecule has 0 spiro atoms. The highest BCUT2D eigenvalue weighted by Crippen LogP contribution is 2.23. The number of aromatic nitrogens is 1. The summed E-state index contributed by atoms with van der Waals surface area (Å²) in [7, 11) is 0. The Hall–Kier alpha value is -2.10. The first kappa shape index (κ1) is 9.45. The van der Waals surface area contributed by atoms with E-state index in [1.54, 1.807) is 18.2 Å². The molecule has 4 heteroatoms. The zero-order chi connectivity index (χ0) is 10.8. The lowest BCUT2D eigenvalue weighted by Gasteiger charge is -2.02. The standard InChI is InChI=1S/C11H9NO3/c13-10-3-4-12-9-2-1-7(5-8(9)10)6-11(14)15/h1-5H,6H2,(H,12,13)(H,14,15). The van der Waals surface area contributed by atoms with Gasteiger partial charge in [-0.3, -0.25) is 9.78 Å². The van der Waals surface area contributed by atoms with Crippen LogP contribution in [0.3, 0.4) is 0 Å². The molecule has 0 atom stereocenters. The molecule has 0 aliphatic rings. The molecule has 0 amide bonds. The molecule has 2 rings (SSSR count). The Kier molecular flexibility index (Phi) is 2.25.